The molecule has 2 aromatic heterocycles. The molecule has 6 nitrogen and oxygen atoms in total. The molecule has 0 unspecified atom stereocenters. The van der Waals surface area contributed by atoms with Crippen LogP contribution in [0.2, 0.25) is 0 Å². The molecular formula is C16H20N4O2S. The summed E-state index contributed by atoms with van der Waals surface area (Å²) in [5, 5.41) is 5.89. The topological polar surface area (TPSA) is 90.1 Å². The minimum Gasteiger partial charge on any atom is -0.364 e. The number of thiazole rings is 1. The van der Waals surface area contributed by atoms with Gasteiger partial charge in [-0.1, -0.05) is 6.07 Å². The Bertz CT molecular complexity index is 647. The van der Waals surface area contributed by atoms with Crippen molar-refractivity contribution in [2.75, 3.05) is 13.1 Å². The van der Waals surface area contributed by atoms with Gasteiger partial charge in [0.05, 0.1) is 22.5 Å². The van der Waals surface area contributed by atoms with E-state index in [1.807, 2.05) is 23.6 Å². The fraction of sp³-hybridized carbons (Fsp3) is 0.438. The zero-order valence-electron chi connectivity index (χ0n) is 12.8. The number of ether oxygens (including phenoxy) is 1. The Balaban J connectivity index is 1.46. The van der Waals surface area contributed by atoms with E-state index in [-0.39, 0.29) is 18.1 Å². The van der Waals surface area contributed by atoms with Gasteiger partial charge in [0.15, 0.2) is 0 Å². The van der Waals surface area contributed by atoms with Crippen molar-refractivity contribution in [2.45, 2.75) is 31.5 Å². The molecule has 0 radical (unpaired) electrons. The fourth-order valence-corrected chi connectivity index (χ4v) is 3.33. The second kappa shape index (κ2) is 7.63. The molecular weight excluding hydrogens is 312 g/mol. The van der Waals surface area contributed by atoms with Crippen molar-refractivity contribution in [1.82, 2.24) is 15.3 Å². The van der Waals surface area contributed by atoms with E-state index in [9.17, 15) is 4.79 Å². The van der Waals surface area contributed by atoms with Crippen LogP contribution in [0.5, 0.6) is 0 Å². The smallest absolute Gasteiger partial charge is 0.249 e. The first-order chi connectivity index (χ1) is 11.3. The lowest BCUT2D eigenvalue weighted by Gasteiger charge is -2.12. The van der Waals surface area contributed by atoms with Crippen LogP contribution < -0.4 is 11.1 Å². The second-order valence-electron chi connectivity index (χ2n) is 5.44. The van der Waals surface area contributed by atoms with Crippen LogP contribution in [-0.2, 0) is 16.0 Å². The van der Waals surface area contributed by atoms with Gasteiger partial charge in [-0.2, -0.15) is 0 Å². The summed E-state index contributed by atoms with van der Waals surface area (Å²) < 4.78 is 5.58. The highest BCUT2D eigenvalue weighted by molar-refractivity contribution is 7.09. The SMILES string of the molecule is NC[C@H]1CC[C@@H](C(=O)NCCc2nc(-c3ccccn3)cs2)O1. The van der Waals surface area contributed by atoms with Crippen LogP contribution in [-0.4, -0.2) is 41.2 Å². The normalized spacial score (nSPS) is 20.6. The molecule has 3 heterocycles. The number of hydrogen-bond donors (Lipinski definition) is 2. The van der Waals surface area contributed by atoms with Gasteiger partial charge in [-0.05, 0) is 25.0 Å². The van der Waals surface area contributed by atoms with Crippen molar-refractivity contribution in [3.8, 4) is 11.4 Å². The van der Waals surface area contributed by atoms with Gasteiger partial charge in [-0.15, -0.1) is 11.3 Å². The highest BCUT2D eigenvalue weighted by Gasteiger charge is 2.29. The van der Waals surface area contributed by atoms with Crippen molar-refractivity contribution in [2.24, 2.45) is 5.73 Å². The molecule has 0 aromatic carbocycles. The molecule has 122 valence electrons. The first-order valence-electron chi connectivity index (χ1n) is 7.75. The molecule has 0 spiro atoms. The Morgan fingerprint density at radius 3 is 3.04 bits per heavy atom. The highest BCUT2D eigenvalue weighted by atomic mass is 32.1. The summed E-state index contributed by atoms with van der Waals surface area (Å²) in [6.45, 7) is 1.03. The molecule has 0 saturated carbocycles. The van der Waals surface area contributed by atoms with E-state index in [4.69, 9.17) is 10.5 Å². The third kappa shape index (κ3) is 4.13. The van der Waals surface area contributed by atoms with E-state index in [1.165, 1.54) is 0 Å². The Hall–Kier alpha value is -1.83. The Labute approximate surface area is 139 Å². The van der Waals surface area contributed by atoms with Crippen molar-refractivity contribution >= 4 is 17.2 Å². The molecule has 7 heteroatoms. The van der Waals surface area contributed by atoms with Crippen LogP contribution in [0.1, 0.15) is 17.8 Å². The van der Waals surface area contributed by atoms with E-state index < -0.39 is 0 Å². The van der Waals surface area contributed by atoms with Crippen molar-refractivity contribution in [1.29, 1.82) is 0 Å². The number of nitrogens with one attached hydrogen (secondary N) is 1. The van der Waals surface area contributed by atoms with Gasteiger partial charge in [0.2, 0.25) is 5.91 Å². The zero-order valence-corrected chi connectivity index (χ0v) is 13.6. The van der Waals surface area contributed by atoms with E-state index in [1.54, 1.807) is 17.5 Å². The summed E-state index contributed by atoms with van der Waals surface area (Å²) in [6, 6.07) is 5.76. The molecule has 1 aliphatic rings. The number of nitrogens with two attached hydrogens (primary N) is 1. The molecule has 1 saturated heterocycles. The predicted molar refractivity (Wildman–Crippen MR) is 89.0 cm³/mol. The Morgan fingerprint density at radius 2 is 2.30 bits per heavy atom. The number of carbonyl (C=O) groups is 1. The maximum Gasteiger partial charge on any atom is 0.249 e. The van der Waals surface area contributed by atoms with Gasteiger partial charge in [-0.3, -0.25) is 9.78 Å². The monoisotopic (exact) mass is 332 g/mol. The van der Waals surface area contributed by atoms with Crippen LogP contribution in [0.25, 0.3) is 11.4 Å². The van der Waals surface area contributed by atoms with Gasteiger partial charge >= 0.3 is 0 Å². The van der Waals surface area contributed by atoms with Crippen LogP contribution in [0.15, 0.2) is 29.8 Å². The molecule has 0 bridgehead atoms. The lowest BCUT2D eigenvalue weighted by atomic mass is 10.2. The standard InChI is InChI=1S/C16H20N4O2S/c17-9-11-4-5-14(22-11)16(21)19-8-6-15-20-13(10-23-15)12-3-1-2-7-18-12/h1-3,7,10-11,14H,4-6,8-9,17H2,(H,19,21)/t11-,14+/m1/s1. The predicted octanol–water partition coefficient (Wildman–Crippen LogP) is 1.37. The van der Waals surface area contributed by atoms with Crippen molar-refractivity contribution < 1.29 is 9.53 Å². The van der Waals surface area contributed by atoms with Crippen molar-refractivity contribution in [3.05, 3.63) is 34.8 Å². The summed E-state index contributed by atoms with van der Waals surface area (Å²) in [5.74, 6) is -0.0533. The van der Waals surface area contributed by atoms with E-state index in [0.717, 1.165) is 29.2 Å². The van der Waals surface area contributed by atoms with Crippen LogP contribution in [0.4, 0.5) is 0 Å². The maximum atomic E-state index is 12.0. The van der Waals surface area contributed by atoms with E-state index >= 15 is 0 Å². The summed E-state index contributed by atoms with van der Waals surface area (Å²) in [5.41, 5.74) is 7.30. The molecule has 3 N–H and O–H groups in total. The number of rotatable bonds is 6. The highest BCUT2D eigenvalue weighted by Crippen LogP contribution is 2.20. The average Bonchev–Trinajstić information content (AvgIpc) is 3.25. The molecule has 2 atom stereocenters. The molecule has 1 fully saturated rings. The third-order valence-electron chi connectivity index (χ3n) is 3.78. The van der Waals surface area contributed by atoms with Gasteiger partial charge < -0.3 is 15.8 Å². The molecule has 1 aliphatic heterocycles. The summed E-state index contributed by atoms with van der Waals surface area (Å²) in [7, 11) is 0. The number of amides is 1. The van der Waals surface area contributed by atoms with E-state index in [0.29, 0.717) is 19.5 Å². The third-order valence-corrected chi connectivity index (χ3v) is 4.69. The Kier molecular flexibility index (Phi) is 5.32. The van der Waals surface area contributed by atoms with Gasteiger partial charge in [0, 0.05) is 31.1 Å². The van der Waals surface area contributed by atoms with Crippen LogP contribution in [0.3, 0.4) is 0 Å². The number of carbonyl (C=O) groups excluding carboxylic acids is 1. The lowest BCUT2D eigenvalue weighted by Crippen LogP contribution is -2.36. The van der Waals surface area contributed by atoms with E-state index in [2.05, 4.69) is 15.3 Å². The minimum absolute atomic E-state index is 0.0191. The van der Waals surface area contributed by atoms with Crippen molar-refractivity contribution in [3.63, 3.8) is 0 Å². The Morgan fingerprint density at radius 1 is 1.39 bits per heavy atom. The molecule has 2 aromatic rings. The fourth-order valence-electron chi connectivity index (χ4n) is 2.54. The largest absolute Gasteiger partial charge is 0.364 e. The summed E-state index contributed by atoms with van der Waals surface area (Å²) in [6.07, 6.45) is 3.72. The molecule has 0 aliphatic carbocycles. The van der Waals surface area contributed by atoms with Crippen LogP contribution in [0, 0.1) is 0 Å². The number of hydrogen-bond acceptors (Lipinski definition) is 6. The summed E-state index contributed by atoms with van der Waals surface area (Å²) >= 11 is 1.58. The lowest BCUT2D eigenvalue weighted by molar-refractivity contribution is -0.131. The molecule has 23 heavy (non-hydrogen) atoms. The number of nitrogens with zero attached hydrogens (tertiary/aromatic N) is 2. The quantitative estimate of drug-likeness (QED) is 0.834. The molecule has 1 amide bonds. The first-order valence-corrected chi connectivity index (χ1v) is 8.63. The second-order valence-corrected chi connectivity index (χ2v) is 6.38. The zero-order chi connectivity index (χ0) is 16.1. The van der Waals surface area contributed by atoms with Gasteiger partial charge in [-0.25, -0.2) is 4.98 Å². The average molecular weight is 332 g/mol. The minimum atomic E-state index is -0.357. The maximum absolute atomic E-state index is 12.0. The first kappa shape index (κ1) is 16.0. The molecule has 3 rings (SSSR count). The van der Waals surface area contributed by atoms with Gasteiger partial charge in [0.1, 0.15) is 6.10 Å². The number of aromatic nitrogens is 2. The van der Waals surface area contributed by atoms with Gasteiger partial charge in [0.25, 0.3) is 0 Å². The summed E-state index contributed by atoms with van der Waals surface area (Å²) in [4.78, 5) is 20.9. The van der Waals surface area contributed by atoms with Crippen LogP contribution >= 0.6 is 11.3 Å². The number of pyridine rings is 1.